The third-order valence-electron chi connectivity index (χ3n) is 3.46. The standard InChI is InChI=1S/C18H16N6O/c19-8-2-7-16-22-11-15(24-16)12-4-1-5-13(10-12)23-18-14(17(20)25)6-3-9-21-18/h1-11,19H,(H2,20,25)(H,21,23)(H,22,24)/b7-2-,19-8?. The van der Waals surface area contributed by atoms with Crippen LogP contribution in [0.1, 0.15) is 16.2 Å². The van der Waals surface area contributed by atoms with Crippen LogP contribution in [-0.2, 0) is 0 Å². The molecule has 7 heteroatoms. The molecule has 1 aromatic carbocycles. The molecular weight excluding hydrogens is 316 g/mol. The van der Waals surface area contributed by atoms with Crippen molar-refractivity contribution >= 4 is 29.7 Å². The molecule has 0 atom stereocenters. The van der Waals surface area contributed by atoms with Gasteiger partial charge in [0.05, 0.1) is 17.5 Å². The Bertz CT molecular complexity index is 944. The van der Waals surface area contributed by atoms with Gasteiger partial charge in [0, 0.05) is 23.7 Å². The van der Waals surface area contributed by atoms with Crippen molar-refractivity contribution < 1.29 is 4.79 Å². The number of aromatic nitrogens is 3. The molecule has 0 aliphatic heterocycles. The number of nitrogens with zero attached hydrogens (tertiary/aromatic N) is 2. The predicted molar refractivity (Wildman–Crippen MR) is 97.9 cm³/mol. The number of allylic oxidation sites excluding steroid dienone is 1. The van der Waals surface area contributed by atoms with E-state index in [0.29, 0.717) is 17.2 Å². The molecule has 0 bridgehead atoms. The van der Waals surface area contributed by atoms with E-state index in [1.165, 1.54) is 6.21 Å². The van der Waals surface area contributed by atoms with Crippen LogP contribution in [-0.4, -0.2) is 27.1 Å². The number of carbonyl (C=O) groups is 1. The van der Waals surface area contributed by atoms with Gasteiger partial charge in [-0.2, -0.15) is 0 Å². The number of rotatable bonds is 6. The molecule has 2 aromatic heterocycles. The van der Waals surface area contributed by atoms with Gasteiger partial charge in [0.15, 0.2) is 0 Å². The van der Waals surface area contributed by atoms with Crippen LogP contribution in [0.4, 0.5) is 11.5 Å². The zero-order valence-electron chi connectivity index (χ0n) is 13.2. The summed E-state index contributed by atoms with van der Waals surface area (Å²) in [6.07, 6.45) is 7.81. The van der Waals surface area contributed by atoms with Gasteiger partial charge in [-0.15, -0.1) is 0 Å². The molecule has 3 aromatic rings. The number of hydrogen-bond acceptors (Lipinski definition) is 5. The first-order chi connectivity index (χ1) is 12.2. The number of H-pyrrole nitrogens is 1. The number of benzene rings is 1. The van der Waals surface area contributed by atoms with Crippen molar-refractivity contribution in [3.63, 3.8) is 0 Å². The lowest BCUT2D eigenvalue weighted by Gasteiger charge is -2.09. The van der Waals surface area contributed by atoms with Crippen LogP contribution in [0.25, 0.3) is 17.3 Å². The number of aromatic amines is 1. The van der Waals surface area contributed by atoms with Crippen LogP contribution in [0.15, 0.2) is 54.9 Å². The molecular formula is C18H16N6O. The SMILES string of the molecule is N=C/C=C\c1ncc(-c2cccc(Nc3ncccc3C(N)=O)c2)[nH]1. The van der Waals surface area contributed by atoms with E-state index in [-0.39, 0.29) is 0 Å². The maximum atomic E-state index is 11.5. The summed E-state index contributed by atoms with van der Waals surface area (Å²) in [6.45, 7) is 0. The highest BCUT2D eigenvalue weighted by Gasteiger charge is 2.09. The van der Waals surface area contributed by atoms with E-state index in [4.69, 9.17) is 11.1 Å². The molecule has 0 unspecified atom stereocenters. The average Bonchev–Trinajstić information content (AvgIpc) is 3.09. The third-order valence-corrected chi connectivity index (χ3v) is 3.46. The molecule has 7 nitrogen and oxygen atoms in total. The van der Waals surface area contributed by atoms with E-state index in [1.807, 2.05) is 24.3 Å². The first kappa shape index (κ1) is 16.1. The third kappa shape index (κ3) is 3.78. The van der Waals surface area contributed by atoms with E-state index < -0.39 is 5.91 Å². The molecule has 0 saturated carbocycles. The number of hydrogen-bond donors (Lipinski definition) is 4. The van der Waals surface area contributed by atoms with Crippen LogP contribution < -0.4 is 11.1 Å². The Kier molecular flexibility index (Phi) is 4.66. The van der Waals surface area contributed by atoms with Crippen molar-refractivity contribution in [2.24, 2.45) is 5.73 Å². The van der Waals surface area contributed by atoms with Crippen molar-refractivity contribution in [3.05, 3.63) is 66.3 Å². The summed E-state index contributed by atoms with van der Waals surface area (Å²) < 4.78 is 0. The van der Waals surface area contributed by atoms with E-state index >= 15 is 0 Å². The number of pyridine rings is 1. The minimum Gasteiger partial charge on any atom is -0.365 e. The number of imidazole rings is 1. The summed E-state index contributed by atoms with van der Waals surface area (Å²) in [5.74, 6) is 0.534. The largest absolute Gasteiger partial charge is 0.365 e. The molecule has 3 rings (SSSR count). The van der Waals surface area contributed by atoms with Gasteiger partial charge in [-0.05, 0) is 36.4 Å². The Morgan fingerprint density at radius 1 is 1.24 bits per heavy atom. The van der Waals surface area contributed by atoms with Gasteiger partial charge >= 0.3 is 0 Å². The van der Waals surface area contributed by atoms with Gasteiger partial charge in [0.1, 0.15) is 11.6 Å². The number of nitrogens with two attached hydrogens (primary N) is 1. The van der Waals surface area contributed by atoms with Crippen LogP contribution in [0, 0.1) is 5.41 Å². The zero-order valence-corrected chi connectivity index (χ0v) is 13.2. The average molecular weight is 332 g/mol. The van der Waals surface area contributed by atoms with E-state index in [0.717, 1.165) is 16.9 Å². The molecule has 0 aliphatic carbocycles. The second-order valence-corrected chi connectivity index (χ2v) is 5.18. The highest BCUT2D eigenvalue weighted by Crippen LogP contribution is 2.24. The Labute approximate surface area is 144 Å². The summed E-state index contributed by atoms with van der Waals surface area (Å²) in [5, 5.41) is 10.1. The molecule has 124 valence electrons. The van der Waals surface area contributed by atoms with Gasteiger partial charge in [0.2, 0.25) is 0 Å². The zero-order chi connectivity index (χ0) is 17.6. The van der Waals surface area contributed by atoms with Crippen LogP contribution in [0.3, 0.4) is 0 Å². The quantitative estimate of drug-likeness (QED) is 0.518. The maximum absolute atomic E-state index is 11.5. The lowest BCUT2D eigenvalue weighted by atomic mass is 10.1. The van der Waals surface area contributed by atoms with Gasteiger partial charge in [-0.1, -0.05) is 12.1 Å². The lowest BCUT2D eigenvalue weighted by Crippen LogP contribution is -2.14. The summed E-state index contributed by atoms with van der Waals surface area (Å²) in [6, 6.07) is 10.9. The number of anilines is 2. The predicted octanol–water partition coefficient (Wildman–Crippen LogP) is 2.98. The highest BCUT2D eigenvalue weighted by atomic mass is 16.1. The second kappa shape index (κ2) is 7.22. The topological polar surface area (TPSA) is 121 Å². The number of primary amides is 1. The maximum Gasteiger partial charge on any atom is 0.252 e. The fourth-order valence-electron chi connectivity index (χ4n) is 2.31. The van der Waals surface area contributed by atoms with Gasteiger partial charge < -0.3 is 21.4 Å². The minimum absolute atomic E-state index is 0.327. The van der Waals surface area contributed by atoms with E-state index in [2.05, 4.69) is 20.3 Å². The van der Waals surface area contributed by atoms with Crippen LogP contribution in [0.5, 0.6) is 0 Å². The molecule has 2 heterocycles. The van der Waals surface area contributed by atoms with Crippen molar-refractivity contribution in [2.45, 2.75) is 0 Å². The van der Waals surface area contributed by atoms with Crippen molar-refractivity contribution in [2.75, 3.05) is 5.32 Å². The normalized spacial score (nSPS) is 10.7. The van der Waals surface area contributed by atoms with E-state index in [9.17, 15) is 4.79 Å². The van der Waals surface area contributed by atoms with E-state index in [1.54, 1.807) is 36.7 Å². The summed E-state index contributed by atoms with van der Waals surface area (Å²) in [4.78, 5) is 23.1. The molecule has 0 saturated heterocycles. The molecule has 0 aliphatic rings. The first-order valence-electron chi connectivity index (χ1n) is 7.52. The molecule has 25 heavy (non-hydrogen) atoms. The smallest absolute Gasteiger partial charge is 0.252 e. The molecule has 0 spiro atoms. The summed E-state index contributed by atoms with van der Waals surface area (Å²) in [7, 11) is 0. The van der Waals surface area contributed by atoms with Crippen molar-refractivity contribution in [3.8, 4) is 11.3 Å². The molecule has 0 fully saturated rings. The van der Waals surface area contributed by atoms with Crippen molar-refractivity contribution in [1.29, 1.82) is 5.41 Å². The van der Waals surface area contributed by atoms with Crippen LogP contribution in [0.2, 0.25) is 0 Å². The Morgan fingerprint density at radius 3 is 2.92 bits per heavy atom. The summed E-state index contributed by atoms with van der Waals surface area (Å²) in [5.41, 5.74) is 8.23. The van der Waals surface area contributed by atoms with Crippen molar-refractivity contribution in [1.82, 2.24) is 15.0 Å². The Morgan fingerprint density at radius 2 is 2.12 bits per heavy atom. The van der Waals surface area contributed by atoms with Crippen LogP contribution >= 0.6 is 0 Å². The Hall–Kier alpha value is -3.74. The van der Waals surface area contributed by atoms with Gasteiger partial charge in [0.25, 0.3) is 5.91 Å². The summed E-state index contributed by atoms with van der Waals surface area (Å²) >= 11 is 0. The second-order valence-electron chi connectivity index (χ2n) is 5.18. The molecule has 5 N–H and O–H groups in total. The van der Waals surface area contributed by atoms with Gasteiger partial charge in [-0.3, -0.25) is 4.79 Å². The minimum atomic E-state index is -0.539. The number of amides is 1. The number of nitrogens with one attached hydrogen (secondary N) is 3. The number of carbonyl (C=O) groups excluding carboxylic acids is 1. The fourth-order valence-corrected chi connectivity index (χ4v) is 2.31. The molecule has 1 amide bonds. The molecule has 0 radical (unpaired) electrons. The monoisotopic (exact) mass is 332 g/mol. The first-order valence-corrected chi connectivity index (χ1v) is 7.52. The lowest BCUT2D eigenvalue weighted by molar-refractivity contribution is 0.100. The fraction of sp³-hybridized carbons (Fsp3) is 0. The van der Waals surface area contributed by atoms with Gasteiger partial charge in [-0.25, -0.2) is 9.97 Å². The Balaban J connectivity index is 1.87. The highest BCUT2D eigenvalue weighted by molar-refractivity contribution is 5.98.